The van der Waals surface area contributed by atoms with E-state index in [0.717, 1.165) is 42.6 Å². The van der Waals surface area contributed by atoms with E-state index in [4.69, 9.17) is 4.74 Å². The summed E-state index contributed by atoms with van der Waals surface area (Å²) in [6, 6.07) is 17.5. The third kappa shape index (κ3) is 7.62. The molecule has 33 heavy (non-hydrogen) atoms. The van der Waals surface area contributed by atoms with Crippen molar-refractivity contribution < 1.29 is 14.3 Å². The highest BCUT2D eigenvalue weighted by Gasteiger charge is 2.30. The van der Waals surface area contributed by atoms with Crippen molar-refractivity contribution in [2.75, 3.05) is 6.61 Å². The summed E-state index contributed by atoms with van der Waals surface area (Å²) >= 11 is 0. The van der Waals surface area contributed by atoms with E-state index in [1.807, 2.05) is 55.5 Å². The molecular weight excluding hydrogens is 412 g/mol. The van der Waals surface area contributed by atoms with Crippen LogP contribution in [0.25, 0.3) is 0 Å². The van der Waals surface area contributed by atoms with Crippen LogP contribution >= 0.6 is 0 Å². The van der Waals surface area contributed by atoms with Crippen LogP contribution in [0.5, 0.6) is 5.75 Å². The summed E-state index contributed by atoms with van der Waals surface area (Å²) in [5.41, 5.74) is 2.21. The summed E-state index contributed by atoms with van der Waals surface area (Å²) in [4.78, 5) is 28.4. The highest BCUT2D eigenvalue weighted by Crippen LogP contribution is 2.20. The van der Waals surface area contributed by atoms with Crippen LogP contribution in [0.3, 0.4) is 0 Å². The number of hydrogen-bond donors (Lipinski definition) is 1. The average Bonchev–Trinajstić information content (AvgIpc) is 2.84. The van der Waals surface area contributed by atoms with Crippen LogP contribution in [0.4, 0.5) is 0 Å². The highest BCUT2D eigenvalue weighted by atomic mass is 16.5. The lowest BCUT2D eigenvalue weighted by atomic mass is 9.95. The van der Waals surface area contributed by atoms with Crippen LogP contribution in [-0.2, 0) is 16.1 Å². The van der Waals surface area contributed by atoms with Crippen molar-refractivity contribution in [2.45, 2.75) is 83.8 Å². The summed E-state index contributed by atoms with van der Waals surface area (Å²) in [7, 11) is 0. The number of carbonyl (C=O) groups is 2. The third-order valence-corrected chi connectivity index (χ3v) is 6.49. The Kier molecular flexibility index (Phi) is 9.79. The Morgan fingerprint density at radius 1 is 1.03 bits per heavy atom. The fraction of sp³-hybridized carbons (Fsp3) is 0.500. The quantitative estimate of drug-likeness (QED) is 0.466. The largest absolute Gasteiger partial charge is 0.494 e. The zero-order chi connectivity index (χ0) is 23.5. The number of carbonyl (C=O) groups excluding carboxylic acids is 2. The van der Waals surface area contributed by atoms with E-state index in [0.29, 0.717) is 32.4 Å². The maximum Gasteiger partial charge on any atom is 0.243 e. The molecule has 0 saturated heterocycles. The maximum absolute atomic E-state index is 13.4. The Labute approximate surface area is 198 Å². The second-order valence-electron chi connectivity index (χ2n) is 8.98. The van der Waals surface area contributed by atoms with Gasteiger partial charge >= 0.3 is 0 Å². The zero-order valence-electron chi connectivity index (χ0n) is 20.1. The van der Waals surface area contributed by atoms with Gasteiger partial charge in [-0.1, -0.05) is 68.7 Å². The van der Waals surface area contributed by atoms with Gasteiger partial charge in [0.1, 0.15) is 11.8 Å². The number of nitrogens with one attached hydrogen (secondary N) is 1. The summed E-state index contributed by atoms with van der Waals surface area (Å²) in [5, 5.41) is 3.24. The molecule has 2 amide bonds. The standard InChI is InChI=1S/C28H38N2O3/c1-3-26(28(32)29-24-15-6-4-7-16-24)30(21-23-14-11-10-13-22(23)2)27(31)19-12-20-33-25-17-8-5-9-18-25/h5,8-11,13-14,17-18,24,26H,3-4,6-7,12,15-16,19-21H2,1-2H3,(H,29,32)/t26-/m1/s1. The Morgan fingerprint density at radius 2 is 1.73 bits per heavy atom. The molecule has 1 fully saturated rings. The number of nitrogens with zero attached hydrogens (tertiary/aromatic N) is 1. The molecule has 0 aromatic heterocycles. The first-order valence-corrected chi connectivity index (χ1v) is 12.4. The van der Waals surface area contributed by atoms with Crippen molar-refractivity contribution in [2.24, 2.45) is 0 Å². The van der Waals surface area contributed by atoms with Crippen molar-refractivity contribution in [3.05, 3.63) is 65.7 Å². The van der Waals surface area contributed by atoms with Crippen molar-refractivity contribution in [1.29, 1.82) is 0 Å². The number of hydrogen-bond acceptors (Lipinski definition) is 3. The third-order valence-electron chi connectivity index (χ3n) is 6.49. The molecule has 0 aliphatic heterocycles. The molecule has 0 spiro atoms. The molecule has 0 unspecified atom stereocenters. The van der Waals surface area contributed by atoms with E-state index < -0.39 is 6.04 Å². The summed E-state index contributed by atoms with van der Waals surface area (Å²) in [6.07, 6.45) is 7.19. The second-order valence-corrected chi connectivity index (χ2v) is 8.98. The zero-order valence-corrected chi connectivity index (χ0v) is 20.1. The molecule has 5 heteroatoms. The van der Waals surface area contributed by atoms with Crippen LogP contribution in [0.1, 0.15) is 69.4 Å². The summed E-state index contributed by atoms with van der Waals surface area (Å²) in [6.45, 7) is 4.96. The van der Waals surface area contributed by atoms with Gasteiger partial charge in [-0.25, -0.2) is 0 Å². The van der Waals surface area contributed by atoms with Gasteiger partial charge in [-0.2, -0.15) is 0 Å². The molecule has 0 bridgehead atoms. The summed E-state index contributed by atoms with van der Waals surface area (Å²) < 4.78 is 5.76. The average molecular weight is 451 g/mol. The summed E-state index contributed by atoms with van der Waals surface area (Å²) in [5.74, 6) is 0.785. The fourth-order valence-electron chi connectivity index (χ4n) is 4.51. The van der Waals surface area contributed by atoms with Gasteiger partial charge in [0.25, 0.3) is 0 Å². The Bertz CT molecular complexity index is 878. The molecular formula is C28H38N2O3. The normalized spacial score (nSPS) is 15.0. The molecule has 2 aromatic carbocycles. The lowest BCUT2D eigenvalue weighted by Crippen LogP contribution is -2.51. The monoisotopic (exact) mass is 450 g/mol. The molecule has 1 N–H and O–H groups in total. The molecule has 178 valence electrons. The molecule has 1 aliphatic carbocycles. The lowest BCUT2D eigenvalue weighted by Gasteiger charge is -2.33. The minimum atomic E-state index is -0.464. The number of para-hydroxylation sites is 1. The van der Waals surface area contributed by atoms with E-state index in [2.05, 4.69) is 18.3 Å². The van der Waals surface area contributed by atoms with E-state index in [9.17, 15) is 9.59 Å². The van der Waals surface area contributed by atoms with E-state index in [1.165, 1.54) is 6.42 Å². The van der Waals surface area contributed by atoms with E-state index >= 15 is 0 Å². The van der Waals surface area contributed by atoms with Gasteiger partial charge in [0.15, 0.2) is 0 Å². The first-order chi connectivity index (χ1) is 16.1. The molecule has 0 radical (unpaired) electrons. The molecule has 2 aromatic rings. The molecule has 0 heterocycles. The van der Waals surface area contributed by atoms with Gasteiger partial charge in [0.2, 0.25) is 11.8 Å². The van der Waals surface area contributed by atoms with Gasteiger partial charge in [0.05, 0.1) is 6.61 Å². The Hall–Kier alpha value is -2.82. The fourth-order valence-corrected chi connectivity index (χ4v) is 4.51. The molecule has 1 saturated carbocycles. The number of ether oxygens (including phenoxy) is 1. The van der Waals surface area contributed by atoms with Crippen LogP contribution < -0.4 is 10.1 Å². The van der Waals surface area contributed by atoms with E-state index in [-0.39, 0.29) is 17.9 Å². The van der Waals surface area contributed by atoms with Gasteiger partial charge in [0, 0.05) is 19.0 Å². The van der Waals surface area contributed by atoms with Crippen molar-refractivity contribution in [1.82, 2.24) is 10.2 Å². The second kappa shape index (κ2) is 13.0. The van der Waals surface area contributed by atoms with Gasteiger partial charge in [-0.15, -0.1) is 0 Å². The molecule has 5 nitrogen and oxygen atoms in total. The van der Waals surface area contributed by atoms with Crippen molar-refractivity contribution >= 4 is 11.8 Å². The van der Waals surface area contributed by atoms with Gasteiger partial charge in [-0.05, 0) is 55.9 Å². The van der Waals surface area contributed by atoms with Crippen LogP contribution in [0.15, 0.2) is 54.6 Å². The SMILES string of the molecule is CC[C@H](C(=O)NC1CCCCC1)N(Cc1ccccc1C)C(=O)CCCOc1ccccc1. The van der Waals surface area contributed by atoms with E-state index in [1.54, 1.807) is 4.90 Å². The van der Waals surface area contributed by atoms with Crippen LogP contribution in [-0.4, -0.2) is 35.4 Å². The van der Waals surface area contributed by atoms with Crippen molar-refractivity contribution in [3.8, 4) is 5.75 Å². The highest BCUT2D eigenvalue weighted by molar-refractivity contribution is 5.87. The van der Waals surface area contributed by atoms with Crippen LogP contribution in [0, 0.1) is 6.92 Å². The molecule has 1 aliphatic rings. The Balaban J connectivity index is 1.66. The maximum atomic E-state index is 13.4. The smallest absolute Gasteiger partial charge is 0.243 e. The van der Waals surface area contributed by atoms with Crippen LogP contribution in [0.2, 0.25) is 0 Å². The lowest BCUT2D eigenvalue weighted by molar-refractivity contribution is -0.142. The first kappa shape index (κ1) is 24.8. The topological polar surface area (TPSA) is 58.6 Å². The molecule has 3 rings (SSSR count). The van der Waals surface area contributed by atoms with Crippen molar-refractivity contribution in [3.63, 3.8) is 0 Å². The number of benzene rings is 2. The van der Waals surface area contributed by atoms with Gasteiger partial charge in [-0.3, -0.25) is 9.59 Å². The predicted molar refractivity (Wildman–Crippen MR) is 132 cm³/mol. The number of rotatable bonds is 11. The number of aryl methyl sites for hydroxylation is 1. The molecule has 1 atom stereocenters. The first-order valence-electron chi connectivity index (χ1n) is 12.4. The predicted octanol–water partition coefficient (Wildman–Crippen LogP) is 5.41. The minimum Gasteiger partial charge on any atom is -0.494 e. The Morgan fingerprint density at radius 3 is 2.42 bits per heavy atom. The van der Waals surface area contributed by atoms with Gasteiger partial charge < -0.3 is 15.0 Å². The number of amides is 2. The minimum absolute atomic E-state index is 0.000518.